The zero-order chi connectivity index (χ0) is 23.4. The SMILES string of the molecule is CC(C)c1ccc(N2C(=O)CC(N(CCN3CCOCC3)C(=O)C3CCCCC3)C2=O)cc1. The monoisotopic (exact) mass is 455 g/mol. The van der Waals surface area contributed by atoms with Crippen molar-refractivity contribution in [2.45, 2.75) is 64.3 Å². The van der Waals surface area contributed by atoms with Gasteiger partial charge in [-0.1, -0.05) is 45.2 Å². The number of carbonyl (C=O) groups is 3. The maximum absolute atomic E-state index is 13.6. The van der Waals surface area contributed by atoms with Gasteiger partial charge in [0.2, 0.25) is 11.8 Å². The number of carbonyl (C=O) groups excluding carboxylic acids is 3. The number of nitrogens with zero attached hydrogens (tertiary/aromatic N) is 3. The van der Waals surface area contributed by atoms with Crippen molar-refractivity contribution < 1.29 is 19.1 Å². The number of imide groups is 1. The van der Waals surface area contributed by atoms with Gasteiger partial charge in [-0.05, 0) is 36.5 Å². The van der Waals surface area contributed by atoms with Crippen molar-refractivity contribution in [3.8, 4) is 0 Å². The molecule has 0 bridgehead atoms. The number of rotatable bonds is 7. The average molecular weight is 456 g/mol. The van der Waals surface area contributed by atoms with Crippen molar-refractivity contribution in [3.05, 3.63) is 29.8 Å². The minimum absolute atomic E-state index is 0.0364. The van der Waals surface area contributed by atoms with Gasteiger partial charge in [-0.3, -0.25) is 19.3 Å². The van der Waals surface area contributed by atoms with E-state index in [0.717, 1.165) is 44.3 Å². The fourth-order valence-corrected chi connectivity index (χ4v) is 5.22. The summed E-state index contributed by atoms with van der Waals surface area (Å²) < 4.78 is 5.44. The highest BCUT2D eigenvalue weighted by Gasteiger charge is 2.45. The fraction of sp³-hybridized carbons (Fsp3) is 0.654. The van der Waals surface area contributed by atoms with Gasteiger partial charge < -0.3 is 9.64 Å². The van der Waals surface area contributed by atoms with Crippen molar-refractivity contribution in [1.82, 2.24) is 9.80 Å². The zero-order valence-electron chi connectivity index (χ0n) is 20.0. The minimum Gasteiger partial charge on any atom is -0.379 e. The first-order chi connectivity index (χ1) is 16.0. The van der Waals surface area contributed by atoms with Crippen LogP contribution in [0.25, 0.3) is 0 Å². The number of anilines is 1. The summed E-state index contributed by atoms with van der Waals surface area (Å²) in [5.74, 6) is -0.115. The molecule has 3 fully saturated rings. The summed E-state index contributed by atoms with van der Waals surface area (Å²) in [5.41, 5.74) is 1.75. The highest BCUT2D eigenvalue weighted by atomic mass is 16.5. The Bertz CT molecular complexity index is 842. The summed E-state index contributed by atoms with van der Waals surface area (Å²) in [7, 11) is 0. The Balaban J connectivity index is 1.52. The molecule has 3 amide bonds. The Hall–Kier alpha value is -2.25. The third kappa shape index (κ3) is 5.46. The van der Waals surface area contributed by atoms with Crippen LogP contribution in [0.3, 0.4) is 0 Å². The lowest BCUT2D eigenvalue weighted by Crippen LogP contribution is -2.51. The number of ether oxygens (including phenoxy) is 1. The third-order valence-corrected chi connectivity index (χ3v) is 7.32. The maximum atomic E-state index is 13.6. The maximum Gasteiger partial charge on any atom is 0.257 e. The standard InChI is InChI=1S/C26H37N3O4/c1-19(2)20-8-10-22(11-9-20)29-24(30)18-23(26(29)32)28(13-12-27-14-16-33-17-15-27)25(31)21-6-4-3-5-7-21/h8-11,19,21,23H,3-7,12-18H2,1-2H3. The minimum atomic E-state index is -0.710. The van der Waals surface area contributed by atoms with E-state index in [1.54, 1.807) is 4.90 Å². The summed E-state index contributed by atoms with van der Waals surface area (Å²) in [6.45, 7) is 8.44. The van der Waals surface area contributed by atoms with E-state index in [1.807, 2.05) is 24.3 Å². The van der Waals surface area contributed by atoms with Gasteiger partial charge in [0.05, 0.1) is 25.3 Å². The number of amides is 3. The predicted molar refractivity (Wildman–Crippen MR) is 127 cm³/mol. The van der Waals surface area contributed by atoms with E-state index in [4.69, 9.17) is 4.74 Å². The predicted octanol–water partition coefficient (Wildman–Crippen LogP) is 3.18. The number of hydrogen-bond donors (Lipinski definition) is 0. The van der Waals surface area contributed by atoms with Crippen LogP contribution >= 0.6 is 0 Å². The molecule has 1 atom stereocenters. The highest BCUT2D eigenvalue weighted by Crippen LogP contribution is 2.31. The van der Waals surface area contributed by atoms with Crippen molar-refractivity contribution in [1.29, 1.82) is 0 Å². The first kappa shape index (κ1) is 23.9. The lowest BCUT2D eigenvalue weighted by Gasteiger charge is -2.35. The van der Waals surface area contributed by atoms with Crippen molar-refractivity contribution in [3.63, 3.8) is 0 Å². The van der Waals surface area contributed by atoms with Crippen LogP contribution in [-0.2, 0) is 19.1 Å². The highest BCUT2D eigenvalue weighted by molar-refractivity contribution is 6.23. The zero-order valence-corrected chi connectivity index (χ0v) is 20.0. The Kier molecular flexibility index (Phi) is 7.81. The van der Waals surface area contributed by atoms with Crippen LogP contribution in [0.4, 0.5) is 5.69 Å². The molecule has 7 nitrogen and oxygen atoms in total. The summed E-state index contributed by atoms with van der Waals surface area (Å²) in [4.78, 5) is 45.3. The summed E-state index contributed by atoms with van der Waals surface area (Å²) >= 11 is 0. The molecule has 33 heavy (non-hydrogen) atoms. The van der Waals surface area contributed by atoms with Crippen molar-refractivity contribution >= 4 is 23.4 Å². The smallest absolute Gasteiger partial charge is 0.257 e. The van der Waals surface area contributed by atoms with Crippen LogP contribution in [0.5, 0.6) is 0 Å². The summed E-state index contributed by atoms with van der Waals surface area (Å²) in [6, 6.07) is 6.91. The van der Waals surface area contributed by atoms with E-state index in [0.29, 0.717) is 37.9 Å². The van der Waals surface area contributed by atoms with E-state index in [2.05, 4.69) is 18.7 Å². The second-order valence-electron chi connectivity index (χ2n) is 9.85. The van der Waals surface area contributed by atoms with Crippen LogP contribution in [0, 0.1) is 5.92 Å². The van der Waals surface area contributed by atoms with Crippen LogP contribution in [0.15, 0.2) is 24.3 Å². The summed E-state index contributed by atoms with van der Waals surface area (Å²) in [5, 5.41) is 0. The Morgan fingerprint density at radius 3 is 2.36 bits per heavy atom. The first-order valence-electron chi connectivity index (χ1n) is 12.5. The number of hydrogen-bond acceptors (Lipinski definition) is 5. The Labute approximate surface area is 197 Å². The Morgan fingerprint density at radius 1 is 1.06 bits per heavy atom. The molecule has 2 saturated heterocycles. The average Bonchev–Trinajstić information content (AvgIpc) is 3.14. The molecular formula is C26H37N3O4. The fourth-order valence-electron chi connectivity index (χ4n) is 5.22. The van der Waals surface area contributed by atoms with Gasteiger partial charge >= 0.3 is 0 Å². The topological polar surface area (TPSA) is 70.2 Å². The van der Waals surface area contributed by atoms with E-state index < -0.39 is 6.04 Å². The molecular weight excluding hydrogens is 418 g/mol. The Morgan fingerprint density at radius 2 is 1.73 bits per heavy atom. The number of morpholine rings is 1. The molecule has 1 saturated carbocycles. The van der Waals surface area contributed by atoms with Gasteiger partial charge in [0.25, 0.3) is 5.91 Å². The van der Waals surface area contributed by atoms with E-state index in [1.165, 1.54) is 11.3 Å². The quantitative estimate of drug-likeness (QED) is 0.591. The van der Waals surface area contributed by atoms with Crippen LogP contribution in [0.2, 0.25) is 0 Å². The van der Waals surface area contributed by atoms with Crippen molar-refractivity contribution in [2.75, 3.05) is 44.3 Å². The first-order valence-corrected chi connectivity index (χ1v) is 12.5. The van der Waals surface area contributed by atoms with Crippen LogP contribution in [-0.4, -0.2) is 73.0 Å². The summed E-state index contributed by atoms with van der Waals surface area (Å²) in [6.07, 6.45) is 5.09. The van der Waals surface area contributed by atoms with Gasteiger partial charge in [0, 0.05) is 32.1 Å². The molecule has 2 heterocycles. The normalized spacial score (nSPS) is 22.9. The molecule has 0 spiro atoms. The van der Waals surface area contributed by atoms with E-state index in [9.17, 15) is 14.4 Å². The molecule has 1 aliphatic carbocycles. The molecule has 1 aromatic carbocycles. The van der Waals surface area contributed by atoms with Gasteiger partial charge in [-0.25, -0.2) is 4.90 Å². The van der Waals surface area contributed by atoms with Gasteiger partial charge in [-0.15, -0.1) is 0 Å². The molecule has 3 aliphatic rings. The lowest BCUT2D eigenvalue weighted by molar-refractivity contribution is -0.143. The largest absolute Gasteiger partial charge is 0.379 e. The van der Waals surface area contributed by atoms with Crippen LogP contribution in [0.1, 0.15) is 63.9 Å². The second-order valence-corrected chi connectivity index (χ2v) is 9.85. The molecule has 1 unspecified atom stereocenters. The molecule has 0 radical (unpaired) electrons. The van der Waals surface area contributed by atoms with Crippen molar-refractivity contribution in [2.24, 2.45) is 5.92 Å². The van der Waals surface area contributed by atoms with Gasteiger partial charge in [0.1, 0.15) is 6.04 Å². The second kappa shape index (κ2) is 10.8. The van der Waals surface area contributed by atoms with Crippen LogP contribution < -0.4 is 4.90 Å². The van der Waals surface area contributed by atoms with Gasteiger partial charge in [-0.2, -0.15) is 0 Å². The lowest BCUT2D eigenvalue weighted by atomic mass is 9.88. The molecule has 2 aliphatic heterocycles. The number of benzene rings is 1. The third-order valence-electron chi connectivity index (χ3n) is 7.32. The van der Waals surface area contributed by atoms with E-state index in [-0.39, 0.29) is 30.1 Å². The molecule has 4 rings (SSSR count). The van der Waals surface area contributed by atoms with E-state index >= 15 is 0 Å². The van der Waals surface area contributed by atoms with Gasteiger partial charge in [0.15, 0.2) is 0 Å². The molecule has 0 N–H and O–H groups in total. The molecule has 7 heteroatoms. The molecule has 1 aromatic rings. The molecule has 180 valence electrons. The molecule has 0 aromatic heterocycles.